The zero-order valence-corrected chi connectivity index (χ0v) is 23.9. The van der Waals surface area contributed by atoms with Crippen molar-refractivity contribution in [3.8, 4) is 11.2 Å². The highest BCUT2D eigenvalue weighted by Crippen LogP contribution is 2.34. The number of amides is 2. The number of rotatable bonds is 7. The Balaban J connectivity index is 1.31. The lowest BCUT2D eigenvalue weighted by Crippen LogP contribution is -2.46. The van der Waals surface area contributed by atoms with Crippen molar-refractivity contribution in [2.75, 3.05) is 51.1 Å². The lowest BCUT2D eigenvalue weighted by atomic mass is 10.0. The number of hydrogen-bond donors (Lipinski definition) is 3. The molecule has 3 heterocycles. The van der Waals surface area contributed by atoms with Crippen LogP contribution in [0.15, 0.2) is 18.2 Å². The third-order valence-electron chi connectivity index (χ3n) is 6.76. The van der Waals surface area contributed by atoms with Crippen molar-refractivity contribution in [3.63, 3.8) is 0 Å². The van der Waals surface area contributed by atoms with Crippen LogP contribution in [0.5, 0.6) is 0 Å². The molecule has 0 aliphatic carbocycles. The van der Waals surface area contributed by atoms with Gasteiger partial charge in [-0.05, 0) is 71.7 Å². The number of hydrogen-bond acceptors (Lipinski definition) is 5. The molecule has 2 aromatic rings. The third-order valence-corrected chi connectivity index (χ3v) is 7.65. The molecule has 2 amide bonds. The molecule has 0 saturated carbocycles. The highest BCUT2D eigenvalue weighted by molar-refractivity contribution is 14.2. The summed E-state index contributed by atoms with van der Waals surface area (Å²) < 4.78 is 0. The predicted octanol–water partition coefficient (Wildman–Crippen LogP) is 4.21. The smallest absolute Gasteiger partial charge is 0.256 e. The zero-order chi connectivity index (χ0) is 25.7. The van der Waals surface area contributed by atoms with Crippen LogP contribution >= 0.6 is 30.1 Å². The molecule has 3 N–H and O–H groups in total. The first-order valence-corrected chi connectivity index (χ1v) is 15.5. The Morgan fingerprint density at radius 2 is 1.94 bits per heavy atom. The van der Waals surface area contributed by atoms with Gasteiger partial charge in [0.25, 0.3) is 11.8 Å². The maximum Gasteiger partial charge on any atom is 0.256 e. The molecule has 7 nitrogen and oxygen atoms in total. The maximum atomic E-state index is 13.0. The number of H-pyrrole nitrogens is 1. The van der Waals surface area contributed by atoms with Crippen molar-refractivity contribution >= 4 is 59.3 Å². The second-order valence-electron chi connectivity index (χ2n) is 9.31. The predicted molar refractivity (Wildman–Crippen MR) is 157 cm³/mol. The molecule has 1 fully saturated rings. The van der Waals surface area contributed by atoms with E-state index < -0.39 is 0 Å². The Hall–Kier alpha value is -2.26. The van der Waals surface area contributed by atoms with Crippen LogP contribution < -0.4 is 10.6 Å². The SMILES string of the molecule is Cc1ccc2c(c1)/C(=C/c1[nH]c(C)c(C(=O)NCCCN3CCN(CC#CSI)CC3)c1C)C(=O)N2. The van der Waals surface area contributed by atoms with E-state index in [-0.39, 0.29) is 11.8 Å². The minimum Gasteiger partial charge on any atom is -0.358 e. The Morgan fingerprint density at radius 1 is 1.19 bits per heavy atom. The molecule has 0 bridgehead atoms. The van der Waals surface area contributed by atoms with Crippen LogP contribution in [0.4, 0.5) is 5.69 Å². The van der Waals surface area contributed by atoms with Gasteiger partial charge in [-0.2, -0.15) is 0 Å². The summed E-state index contributed by atoms with van der Waals surface area (Å²) in [6, 6.07) is 5.92. The van der Waals surface area contributed by atoms with Crippen LogP contribution in [0.2, 0.25) is 0 Å². The van der Waals surface area contributed by atoms with E-state index in [1.807, 2.05) is 45.0 Å². The topological polar surface area (TPSA) is 80.5 Å². The molecule has 0 atom stereocenters. The van der Waals surface area contributed by atoms with E-state index in [1.54, 1.807) is 0 Å². The number of anilines is 1. The summed E-state index contributed by atoms with van der Waals surface area (Å²) in [7, 11) is 1.53. The zero-order valence-electron chi connectivity index (χ0n) is 21.0. The number of halogens is 1. The molecule has 1 aromatic carbocycles. The number of aromatic nitrogens is 1. The van der Waals surface area contributed by atoms with E-state index in [4.69, 9.17) is 0 Å². The Kier molecular flexibility index (Phi) is 9.17. The number of benzene rings is 1. The standard InChI is InChI=1S/C27H32IN5O2S/c1-18-6-7-23-21(16-18)22(26(34)31-23)17-24-19(2)25(20(3)30-24)27(35)29-8-4-9-32-11-13-33(14-12-32)10-5-15-36-28/h6-7,16-17,30H,4,8-14H2,1-3H3,(H,29,35)(H,31,34)/b22-17-. The maximum absolute atomic E-state index is 13.0. The Labute approximate surface area is 229 Å². The molecule has 1 aromatic heterocycles. The number of piperazine rings is 1. The minimum atomic E-state index is -0.123. The summed E-state index contributed by atoms with van der Waals surface area (Å²) in [6.07, 6.45) is 2.76. The van der Waals surface area contributed by atoms with Gasteiger partial charge in [-0.1, -0.05) is 17.6 Å². The van der Waals surface area contributed by atoms with Crippen molar-refractivity contribution in [3.05, 3.63) is 51.8 Å². The molecular weight excluding hydrogens is 585 g/mol. The number of aromatic amines is 1. The first-order valence-electron chi connectivity index (χ1n) is 12.2. The van der Waals surface area contributed by atoms with Crippen LogP contribution in [0, 0.1) is 31.9 Å². The fourth-order valence-electron chi connectivity index (χ4n) is 4.78. The number of nitrogens with zero attached hydrogens (tertiary/aromatic N) is 2. The van der Waals surface area contributed by atoms with Gasteiger partial charge in [-0.15, -0.1) is 0 Å². The van der Waals surface area contributed by atoms with Crippen molar-refractivity contribution in [2.24, 2.45) is 0 Å². The first-order chi connectivity index (χ1) is 17.4. The average molecular weight is 618 g/mol. The molecule has 2 aliphatic heterocycles. The molecule has 190 valence electrons. The van der Waals surface area contributed by atoms with Crippen LogP contribution in [0.25, 0.3) is 11.6 Å². The van der Waals surface area contributed by atoms with Gasteiger partial charge in [0.1, 0.15) is 0 Å². The summed E-state index contributed by atoms with van der Waals surface area (Å²) in [5, 5.41) is 9.05. The summed E-state index contributed by atoms with van der Waals surface area (Å²) >= 11 is 2.20. The van der Waals surface area contributed by atoms with Crippen LogP contribution in [-0.2, 0) is 4.79 Å². The minimum absolute atomic E-state index is 0.0745. The Bertz CT molecular complexity index is 1230. The fraction of sp³-hybridized carbons (Fsp3) is 0.407. The summed E-state index contributed by atoms with van der Waals surface area (Å²) in [5.74, 6) is 2.98. The van der Waals surface area contributed by atoms with Gasteiger partial charge in [-0.3, -0.25) is 14.5 Å². The van der Waals surface area contributed by atoms with E-state index >= 15 is 0 Å². The molecule has 4 rings (SSSR count). The van der Waals surface area contributed by atoms with Crippen molar-refractivity contribution in [1.29, 1.82) is 0 Å². The normalized spacial score (nSPS) is 17.0. The monoisotopic (exact) mass is 617 g/mol. The van der Waals surface area contributed by atoms with E-state index in [0.29, 0.717) is 17.7 Å². The quantitative estimate of drug-likeness (QED) is 0.188. The molecule has 36 heavy (non-hydrogen) atoms. The van der Waals surface area contributed by atoms with E-state index in [9.17, 15) is 9.59 Å². The van der Waals surface area contributed by atoms with Crippen molar-refractivity contribution in [1.82, 2.24) is 20.1 Å². The van der Waals surface area contributed by atoms with E-state index in [0.717, 1.165) is 79.5 Å². The molecule has 0 unspecified atom stereocenters. The first kappa shape index (κ1) is 26.8. The van der Waals surface area contributed by atoms with Gasteiger partial charge in [0.05, 0.1) is 17.7 Å². The molecule has 9 heteroatoms. The number of carbonyl (C=O) groups is 2. The van der Waals surface area contributed by atoms with E-state index in [2.05, 4.69) is 57.8 Å². The number of nitrogens with one attached hydrogen (secondary N) is 3. The number of fused-ring (bicyclic) bond motifs is 1. The molecule has 0 radical (unpaired) electrons. The summed E-state index contributed by atoms with van der Waals surface area (Å²) in [4.78, 5) is 33.7. The third kappa shape index (κ3) is 6.35. The van der Waals surface area contributed by atoms with Gasteiger partial charge in [0.15, 0.2) is 0 Å². The highest BCUT2D eigenvalue weighted by atomic mass is 127. The summed E-state index contributed by atoms with van der Waals surface area (Å²) in [5.41, 5.74) is 6.53. The second kappa shape index (κ2) is 12.3. The lowest BCUT2D eigenvalue weighted by molar-refractivity contribution is -0.110. The number of carbonyl (C=O) groups excluding carboxylic acids is 2. The molecule has 1 saturated heterocycles. The van der Waals surface area contributed by atoms with Crippen LogP contribution in [-0.4, -0.2) is 72.4 Å². The van der Waals surface area contributed by atoms with Crippen molar-refractivity contribution < 1.29 is 9.59 Å². The van der Waals surface area contributed by atoms with Crippen LogP contribution in [0.3, 0.4) is 0 Å². The van der Waals surface area contributed by atoms with Gasteiger partial charge >= 0.3 is 0 Å². The lowest BCUT2D eigenvalue weighted by Gasteiger charge is -2.33. The van der Waals surface area contributed by atoms with Gasteiger partial charge in [0, 0.05) is 76.6 Å². The van der Waals surface area contributed by atoms with E-state index in [1.165, 1.54) is 8.93 Å². The molecule has 2 aliphatic rings. The van der Waals surface area contributed by atoms with Crippen LogP contribution in [0.1, 0.15) is 44.9 Å². The largest absolute Gasteiger partial charge is 0.358 e. The van der Waals surface area contributed by atoms with Gasteiger partial charge in [-0.25, -0.2) is 0 Å². The Morgan fingerprint density at radius 3 is 2.69 bits per heavy atom. The number of aryl methyl sites for hydroxylation is 2. The van der Waals surface area contributed by atoms with Gasteiger partial charge < -0.3 is 20.5 Å². The highest BCUT2D eigenvalue weighted by Gasteiger charge is 2.25. The van der Waals surface area contributed by atoms with Crippen molar-refractivity contribution in [2.45, 2.75) is 27.2 Å². The molecular formula is C27H32IN5O2S. The molecule has 0 spiro atoms. The fourth-order valence-corrected chi connectivity index (χ4v) is 5.37. The second-order valence-corrected chi connectivity index (χ2v) is 11.0. The average Bonchev–Trinajstić information content (AvgIpc) is 3.32. The van der Waals surface area contributed by atoms with Gasteiger partial charge in [0.2, 0.25) is 0 Å². The summed E-state index contributed by atoms with van der Waals surface area (Å²) in [6.45, 7) is 12.4.